The summed E-state index contributed by atoms with van der Waals surface area (Å²) in [5.74, 6) is 0. The van der Waals surface area contributed by atoms with Gasteiger partial charge in [-0.15, -0.1) is 0 Å². The van der Waals surface area contributed by atoms with Crippen molar-refractivity contribution in [3.05, 3.63) is 169 Å². The summed E-state index contributed by atoms with van der Waals surface area (Å²) >= 11 is 10.6. The zero-order valence-electron chi connectivity index (χ0n) is 30.8. The zero-order valence-corrected chi connectivity index (χ0v) is 34.1. The van der Waals surface area contributed by atoms with Crippen LogP contribution >= 0.6 is 24.4 Å². The molecular weight excluding hydrogens is 829 g/mol. The third kappa shape index (κ3) is 12.6. The minimum atomic E-state index is -4.23. The summed E-state index contributed by atoms with van der Waals surface area (Å²) in [7, 11) is -8.45. The van der Waals surface area contributed by atoms with E-state index in [2.05, 4.69) is 31.9 Å². The quantitative estimate of drug-likeness (QED) is 0.0554. The number of carbonyl (C=O) groups is 2. The molecule has 8 N–H and O–H groups in total. The minimum absolute atomic E-state index is 0.143. The predicted molar refractivity (Wildman–Crippen MR) is 240 cm³/mol. The van der Waals surface area contributed by atoms with E-state index < -0.39 is 32.1 Å². The number of amides is 4. The highest BCUT2D eigenvalue weighted by Gasteiger charge is 2.20. The Kier molecular flexibility index (Phi) is 13.5. The Balaban J connectivity index is 0.960. The molecule has 0 atom stereocenters. The highest BCUT2D eigenvalue weighted by atomic mass is 32.2. The average molecular weight is 865 g/mol. The van der Waals surface area contributed by atoms with Crippen LogP contribution in [0.2, 0.25) is 0 Å². The van der Waals surface area contributed by atoms with E-state index in [0.717, 1.165) is 22.5 Å². The molecule has 6 rings (SSSR count). The van der Waals surface area contributed by atoms with Gasteiger partial charge in [0.25, 0.3) is 20.0 Å². The fraction of sp³-hybridized carbons (Fsp3) is 0.0244. The number of rotatable bonds is 12. The van der Waals surface area contributed by atoms with Crippen LogP contribution in [-0.2, 0) is 26.5 Å². The van der Waals surface area contributed by atoms with Crippen molar-refractivity contribution in [3.8, 4) is 0 Å². The maximum absolute atomic E-state index is 13.0. The van der Waals surface area contributed by atoms with Gasteiger partial charge in [0.1, 0.15) is 0 Å². The molecule has 0 aromatic heterocycles. The van der Waals surface area contributed by atoms with Crippen molar-refractivity contribution in [2.45, 2.75) is 16.2 Å². The maximum Gasteiger partial charge on any atom is 0.333 e. The molecule has 300 valence electrons. The van der Waals surface area contributed by atoms with Gasteiger partial charge in [-0.05, 0) is 127 Å². The molecule has 0 spiro atoms. The van der Waals surface area contributed by atoms with Crippen LogP contribution in [0.15, 0.2) is 168 Å². The first kappa shape index (κ1) is 41.8. The first-order valence-corrected chi connectivity index (χ1v) is 21.4. The van der Waals surface area contributed by atoms with Gasteiger partial charge in [-0.3, -0.25) is 0 Å². The van der Waals surface area contributed by atoms with E-state index >= 15 is 0 Å². The summed E-state index contributed by atoms with van der Waals surface area (Å²) in [6.45, 7) is 0. The Hall–Kier alpha value is -6.86. The summed E-state index contributed by atoms with van der Waals surface area (Å²) in [5, 5.41) is 17.5. The van der Waals surface area contributed by atoms with Crippen LogP contribution in [0.3, 0.4) is 0 Å². The molecule has 0 aliphatic heterocycles. The van der Waals surface area contributed by atoms with Gasteiger partial charge >= 0.3 is 12.1 Å². The van der Waals surface area contributed by atoms with E-state index in [1.807, 2.05) is 70.1 Å². The number of anilines is 6. The number of nitrogens with one attached hydrogen (secondary N) is 8. The van der Waals surface area contributed by atoms with Crippen LogP contribution in [0.1, 0.15) is 11.1 Å². The standard InChI is InChI=1S/C41H36N8O6S4/c50-38(48-58(52,53)36-15-7-13-34(26-36)46-40(56)44-30-9-3-1-4-10-30)42-32-21-17-28(18-22-32)25-29-19-23-33(24-20-29)43-39(51)49-59(54,55)37-16-8-14-35(27-37)47-41(57)45-31-11-5-2-6-12-31/h1-24,26-27H,25H2,(H2,42,48,50)(H2,43,49,51)(H2,44,46,56)(H2,45,47,57). The number of hydrogen-bond donors (Lipinski definition) is 8. The van der Waals surface area contributed by atoms with Crippen LogP contribution in [-0.4, -0.2) is 39.1 Å². The summed E-state index contributed by atoms with van der Waals surface area (Å²) in [6.07, 6.45) is 0.491. The lowest BCUT2D eigenvalue weighted by atomic mass is 10.0. The number of urea groups is 2. The molecule has 18 heteroatoms. The van der Waals surface area contributed by atoms with E-state index in [9.17, 15) is 26.4 Å². The van der Waals surface area contributed by atoms with Crippen molar-refractivity contribution in [2.24, 2.45) is 0 Å². The number of benzene rings is 6. The molecule has 0 saturated heterocycles. The lowest BCUT2D eigenvalue weighted by Gasteiger charge is -2.13. The van der Waals surface area contributed by atoms with Gasteiger partial charge in [0, 0.05) is 34.1 Å². The number of para-hydroxylation sites is 2. The second kappa shape index (κ2) is 19.1. The lowest BCUT2D eigenvalue weighted by Crippen LogP contribution is -2.34. The SMILES string of the molecule is O=C(Nc1ccc(Cc2ccc(NC(=O)NS(=O)(=O)c3cccc(NC(=S)Nc4ccccc4)c3)cc2)cc1)NS(=O)(=O)c1cccc(NC(=S)Nc2ccccc2)c1. The highest BCUT2D eigenvalue weighted by Crippen LogP contribution is 2.20. The molecule has 0 unspecified atom stereocenters. The molecule has 0 fully saturated rings. The van der Waals surface area contributed by atoms with Crippen LogP contribution in [0.25, 0.3) is 0 Å². The Labute approximate surface area is 352 Å². The van der Waals surface area contributed by atoms with E-state index in [0.29, 0.717) is 29.2 Å². The summed E-state index contributed by atoms with van der Waals surface area (Å²) < 4.78 is 56.0. The molecule has 14 nitrogen and oxygen atoms in total. The van der Waals surface area contributed by atoms with Gasteiger partial charge in [-0.25, -0.2) is 35.9 Å². The summed E-state index contributed by atoms with van der Waals surface area (Å²) in [6, 6.07) is 41.9. The normalized spacial score (nSPS) is 11.0. The van der Waals surface area contributed by atoms with Crippen LogP contribution in [0.5, 0.6) is 0 Å². The van der Waals surface area contributed by atoms with E-state index in [4.69, 9.17) is 24.4 Å². The van der Waals surface area contributed by atoms with Gasteiger partial charge in [-0.1, -0.05) is 72.8 Å². The first-order chi connectivity index (χ1) is 28.3. The molecule has 0 aliphatic rings. The largest absolute Gasteiger partial charge is 0.333 e. The molecule has 0 aliphatic carbocycles. The molecule has 0 heterocycles. The van der Waals surface area contributed by atoms with E-state index in [-0.39, 0.29) is 20.0 Å². The van der Waals surface area contributed by atoms with Crippen molar-refractivity contribution in [3.63, 3.8) is 0 Å². The lowest BCUT2D eigenvalue weighted by molar-refractivity contribution is 0.255. The molecule has 6 aromatic carbocycles. The molecule has 0 saturated carbocycles. The molecule has 6 aromatic rings. The average Bonchev–Trinajstić information content (AvgIpc) is 3.20. The van der Waals surface area contributed by atoms with Gasteiger partial charge in [0.2, 0.25) is 0 Å². The third-order valence-electron chi connectivity index (χ3n) is 8.15. The predicted octanol–water partition coefficient (Wildman–Crippen LogP) is 7.92. The Morgan fingerprint density at radius 1 is 0.390 bits per heavy atom. The number of thiocarbonyl (C=S) groups is 2. The zero-order chi connectivity index (χ0) is 41.8. The molecule has 59 heavy (non-hydrogen) atoms. The molecular formula is C41H36N8O6S4. The number of carbonyl (C=O) groups excluding carboxylic acids is 2. The topological polar surface area (TPSA) is 199 Å². The first-order valence-electron chi connectivity index (χ1n) is 17.6. The molecule has 0 radical (unpaired) electrons. The monoisotopic (exact) mass is 864 g/mol. The Morgan fingerprint density at radius 2 is 0.712 bits per heavy atom. The van der Waals surface area contributed by atoms with Gasteiger partial charge in [-0.2, -0.15) is 0 Å². The second-order valence-corrected chi connectivity index (χ2v) is 16.8. The second-order valence-electron chi connectivity index (χ2n) is 12.6. The maximum atomic E-state index is 13.0. The molecule has 0 bridgehead atoms. The van der Waals surface area contributed by atoms with Crippen LogP contribution in [0, 0.1) is 0 Å². The summed E-state index contributed by atoms with van der Waals surface area (Å²) in [5.41, 5.74) is 4.82. The fourth-order valence-electron chi connectivity index (χ4n) is 5.43. The van der Waals surface area contributed by atoms with E-state index in [1.54, 1.807) is 60.7 Å². The van der Waals surface area contributed by atoms with Gasteiger partial charge in [0.05, 0.1) is 9.79 Å². The fourth-order valence-corrected chi connectivity index (χ4v) is 7.81. The Bertz CT molecular complexity index is 2500. The number of sulfonamides is 2. The van der Waals surface area contributed by atoms with Gasteiger partial charge in [0.15, 0.2) is 10.2 Å². The third-order valence-corrected chi connectivity index (χ3v) is 11.2. The highest BCUT2D eigenvalue weighted by molar-refractivity contribution is 7.90. The van der Waals surface area contributed by atoms with E-state index in [1.165, 1.54) is 36.4 Å². The van der Waals surface area contributed by atoms with Crippen molar-refractivity contribution in [2.75, 3.05) is 31.9 Å². The van der Waals surface area contributed by atoms with Gasteiger partial charge < -0.3 is 31.9 Å². The van der Waals surface area contributed by atoms with Crippen molar-refractivity contribution >= 4 is 101 Å². The van der Waals surface area contributed by atoms with Crippen molar-refractivity contribution in [1.29, 1.82) is 0 Å². The Morgan fingerprint density at radius 3 is 1.08 bits per heavy atom. The summed E-state index contributed by atoms with van der Waals surface area (Å²) in [4.78, 5) is 25.1. The van der Waals surface area contributed by atoms with Crippen LogP contribution < -0.4 is 41.3 Å². The van der Waals surface area contributed by atoms with Crippen molar-refractivity contribution in [1.82, 2.24) is 9.44 Å². The minimum Gasteiger partial charge on any atom is -0.332 e. The number of hydrogen-bond acceptors (Lipinski definition) is 8. The smallest absolute Gasteiger partial charge is 0.332 e. The van der Waals surface area contributed by atoms with Crippen molar-refractivity contribution < 1.29 is 26.4 Å². The van der Waals surface area contributed by atoms with Crippen LogP contribution in [0.4, 0.5) is 43.7 Å². The molecule has 4 amide bonds.